The summed E-state index contributed by atoms with van der Waals surface area (Å²) < 4.78 is 31.6. The normalized spacial score (nSPS) is 11.7. The van der Waals surface area contributed by atoms with Gasteiger partial charge >= 0.3 is 0 Å². The maximum Gasteiger partial charge on any atom is 0.217 e. The van der Waals surface area contributed by atoms with E-state index in [1.807, 2.05) is 25.1 Å². The second-order valence-corrected chi connectivity index (χ2v) is 6.41. The highest BCUT2D eigenvalue weighted by Gasteiger charge is 2.12. The largest absolute Gasteiger partial charge is 0.426 e. The van der Waals surface area contributed by atoms with Crippen LogP contribution in [0, 0.1) is 13.8 Å². The van der Waals surface area contributed by atoms with Crippen molar-refractivity contribution in [3.8, 4) is 0 Å². The molecule has 0 fully saturated rings. The van der Waals surface area contributed by atoms with Gasteiger partial charge in [0.05, 0.1) is 5.75 Å². The Bertz CT molecular complexity index is 680. The summed E-state index contributed by atoms with van der Waals surface area (Å²) in [4.78, 5) is 0. The van der Waals surface area contributed by atoms with Crippen molar-refractivity contribution < 1.29 is 12.8 Å². The molecule has 0 amide bonds. The number of aryl methyl sites for hydroxylation is 2. The van der Waals surface area contributed by atoms with Crippen LogP contribution in [0.3, 0.4) is 0 Å². The van der Waals surface area contributed by atoms with Gasteiger partial charge in [-0.15, -0.1) is 10.2 Å². The number of hydrogen-bond acceptors (Lipinski definition) is 5. The van der Waals surface area contributed by atoms with E-state index in [0.29, 0.717) is 18.2 Å². The number of nitrogens with one attached hydrogen (secondary N) is 1. The molecule has 0 radical (unpaired) electrons. The molecule has 0 atom stereocenters. The van der Waals surface area contributed by atoms with Crippen molar-refractivity contribution in [3.63, 3.8) is 0 Å². The molecule has 1 aromatic carbocycles. The first-order chi connectivity index (χ1) is 9.44. The summed E-state index contributed by atoms with van der Waals surface area (Å²) in [5.41, 5.74) is 1.81. The van der Waals surface area contributed by atoms with E-state index in [1.165, 1.54) is 0 Å². The Morgan fingerprint density at radius 1 is 1.25 bits per heavy atom. The molecule has 0 aliphatic rings. The summed E-state index contributed by atoms with van der Waals surface area (Å²) in [6.07, 6.45) is 0.383. The van der Waals surface area contributed by atoms with Gasteiger partial charge in [-0.2, -0.15) is 0 Å². The van der Waals surface area contributed by atoms with Crippen LogP contribution < -0.4 is 4.72 Å². The molecule has 2 rings (SSSR count). The maximum absolute atomic E-state index is 11.9. The summed E-state index contributed by atoms with van der Waals surface area (Å²) in [6, 6.07) is 7.44. The number of aromatic nitrogens is 2. The van der Waals surface area contributed by atoms with E-state index >= 15 is 0 Å². The minimum atomic E-state index is -3.35. The number of rotatable bonds is 6. The average molecular weight is 295 g/mol. The molecule has 0 bridgehead atoms. The molecule has 0 aliphatic heterocycles. The lowest BCUT2D eigenvalue weighted by atomic mass is 10.2. The quantitative estimate of drug-likeness (QED) is 0.869. The number of hydrogen-bond donors (Lipinski definition) is 1. The van der Waals surface area contributed by atoms with Crippen LogP contribution in [0.15, 0.2) is 28.7 Å². The fourth-order valence-electron chi connectivity index (χ4n) is 1.82. The Morgan fingerprint density at radius 2 is 2.05 bits per heavy atom. The SMILES string of the molecule is Cc1cccc(CS(=O)(=O)NCCc2nnc(C)o2)c1. The van der Waals surface area contributed by atoms with Gasteiger partial charge in [-0.05, 0) is 12.5 Å². The molecule has 2 aromatic rings. The number of sulfonamides is 1. The monoisotopic (exact) mass is 295 g/mol. The second-order valence-electron chi connectivity index (χ2n) is 4.61. The minimum absolute atomic E-state index is 0.0302. The van der Waals surface area contributed by atoms with E-state index in [-0.39, 0.29) is 12.3 Å². The van der Waals surface area contributed by atoms with Crippen molar-refractivity contribution in [2.45, 2.75) is 26.0 Å². The summed E-state index contributed by atoms with van der Waals surface area (Å²) in [5, 5.41) is 7.49. The number of benzene rings is 1. The first kappa shape index (κ1) is 14.7. The predicted molar refractivity (Wildman–Crippen MR) is 74.5 cm³/mol. The van der Waals surface area contributed by atoms with Gasteiger partial charge in [-0.1, -0.05) is 29.8 Å². The van der Waals surface area contributed by atoms with Crippen LogP contribution in [0.1, 0.15) is 22.9 Å². The average Bonchev–Trinajstić information content (AvgIpc) is 2.74. The molecule has 0 saturated carbocycles. The van der Waals surface area contributed by atoms with Crippen LogP contribution in [-0.4, -0.2) is 25.2 Å². The molecule has 0 unspecified atom stereocenters. The highest BCUT2D eigenvalue weighted by molar-refractivity contribution is 7.88. The lowest BCUT2D eigenvalue weighted by Gasteiger charge is -2.06. The fourth-order valence-corrected chi connectivity index (χ4v) is 2.96. The molecule has 1 aromatic heterocycles. The third kappa shape index (κ3) is 4.43. The zero-order valence-electron chi connectivity index (χ0n) is 11.5. The highest BCUT2D eigenvalue weighted by Crippen LogP contribution is 2.07. The van der Waals surface area contributed by atoms with E-state index in [9.17, 15) is 8.42 Å². The lowest BCUT2D eigenvalue weighted by Crippen LogP contribution is -2.27. The van der Waals surface area contributed by atoms with E-state index in [4.69, 9.17) is 4.42 Å². The van der Waals surface area contributed by atoms with Crippen LogP contribution in [0.4, 0.5) is 0 Å². The lowest BCUT2D eigenvalue weighted by molar-refractivity contribution is 0.466. The third-order valence-electron chi connectivity index (χ3n) is 2.67. The third-order valence-corrected chi connectivity index (χ3v) is 4.03. The number of nitrogens with zero attached hydrogens (tertiary/aromatic N) is 2. The second kappa shape index (κ2) is 6.15. The zero-order valence-corrected chi connectivity index (χ0v) is 12.3. The summed E-state index contributed by atoms with van der Waals surface area (Å²) >= 11 is 0. The van der Waals surface area contributed by atoms with Crippen molar-refractivity contribution >= 4 is 10.0 Å². The topological polar surface area (TPSA) is 85.1 Å². The van der Waals surface area contributed by atoms with Crippen molar-refractivity contribution in [2.24, 2.45) is 0 Å². The van der Waals surface area contributed by atoms with Crippen LogP contribution in [0.5, 0.6) is 0 Å². The molecule has 1 N–H and O–H groups in total. The summed E-state index contributed by atoms with van der Waals surface area (Å²) in [6.45, 7) is 3.87. The Morgan fingerprint density at radius 3 is 2.70 bits per heavy atom. The van der Waals surface area contributed by atoms with Gasteiger partial charge in [0.1, 0.15) is 0 Å². The first-order valence-corrected chi connectivity index (χ1v) is 7.92. The van der Waals surface area contributed by atoms with Crippen molar-refractivity contribution in [1.29, 1.82) is 0 Å². The minimum Gasteiger partial charge on any atom is -0.426 e. The van der Waals surface area contributed by atoms with Crippen LogP contribution >= 0.6 is 0 Å². The molecule has 0 spiro atoms. The molecule has 1 heterocycles. The predicted octanol–water partition coefficient (Wildman–Crippen LogP) is 1.35. The maximum atomic E-state index is 11.9. The van der Waals surface area contributed by atoms with Gasteiger partial charge < -0.3 is 4.42 Å². The molecular weight excluding hydrogens is 278 g/mol. The molecule has 108 valence electrons. The molecule has 0 saturated heterocycles. The Labute approximate surface area is 118 Å². The molecule has 0 aliphatic carbocycles. The van der Waals surface area contributed by atoms with Crippen LogP contribution in [0.25, 0.3) is 0 Å². The zero-order chi connectivity index (χ0) is 14.6. The Hall–Kier alpha value is -1.73. The van der Waals surface area contributed by atoms with Crippen molar-refractivity contribution in [2.75, 3.05) is 6.54 Å². The summed E-state index contributed by atoms with van der Waals surface area (Å²) in [5.74, 6) is 0.876. The van der Waals surface area contributed by atoms with Gasteiger partial charge in [0.25, 0.3) is 0 Å². The first-order valence-electron chi connectivity index (χ1n) is 6.26. The van der Waals surface area contributed by atoms with E-state index in [1.54, 1.807) is 13.0 Å². The molecular formula is C13H17N3O3S. The van der Waals surface area contributed by atoms with E-state index in [0.717, 1.165) is 11.1 Å². The Balaban J connectivity index is 1.88. The van der Waals surface area contributed by atoms with E-state index in [2.05, 4.69) is 14.9 Å². The van der Waals surface area contributed by atoms with Crippen molar-refractivity contribution in [1.82, 2.24) is 14.9 Å². The summed E-state index contributed by atoms with van der Waals surface area (Å²) in [7, 11) is -3.35. The van der Waals surface area contributed by atoms with Gasteiger partial charge in [-0.25, -0.2) is 13.1 Å². The van der Waals surface area contributed by atoms with E-state index < -0.39 is 10.0 Å². The molecule has 6 nitrogen and oxygen atoms in total. The van der Waals surface area contributed by atoms with Crippen LogP contribution in [-0.2, 0) is 22.2 Å². The van der Waals surface area contributed by atoms with Gasteiger partial charge in [0, 0.05) is 19.9 Å². The fraction of sp³-hybridized carbons (Fsp3) is 0.385. The van der Waals surface area contributed by atoms with Gasteiger partial charge in [-0.3, -0.25) is 0 Å². The molecule has 7 heteroatoms. The smallest absolute Gasteiger partial charge is 0.217 e. The standard InChI is InChI=1S/C13H17N3O3S/c1-10-4-3-5-12(8-10)9-20(17,18)14-7-6-13-16-15-11(2)19-13/h3-5,8,14H,6-7,9H2,1-2H3. The highest BCUT2D eigenvalue weighted by atomic mass is 32.2. The Kier molecular flexibility index (Phi) is 4.51. The van der Waals surface area contributed by atoms with Gasteiger partial charge in [0.15, 0.2) is 0 Å². The van der Waals surface area contributed by atoms with Crippen molar-refractivity contribution in [3.05, 3.63) is 47.2 Å². The van der Waals surface area contributed by atoms with Crippen LogP contribution in [0.2, 0.25) is 0 Å². The van der Waals surface area contributed by atoms with Gasteiger partial charge in [0.2, 0.25) is 21.8 Å². The molecule has 20 heavy (non-hydrogen) atoms.